The van der Waals surface area contributed by atoms with E-state index in [-0.39, 0.29) is 0 Å². The number of hydrogen-bond acceptors (Lipinski definition) is 4. The van der Waals surface area contributed by atoms with Crippen LogP contribution in [0.4, 0.5) is 0 Å². The van der Waals surface area contributed by atoms with Gasteiger partial charge >= 0.3 is 0 Å². The molecule has 2 unspecified atom stereocenters. The number of Topliss-reactive ketones (excluding diaryl/α,β-unsaturated/α-hetero) is 1. The Bertz CT molecular complexity index is 302. The lowest BCUT2D eigenvalue weighted by molar-refractivity contribution is -0.121. The van der Waals surface area contributed by atoms with Crippen molar-refractivity contribution in [3.05, 3.63) is 0 Å². The Balaban J connectivity index is 1.52. The average Bonchev–Trinajstić information content (AvgIpc) is 2.89. The van der Waals surface area contributed by atoms with Gasteiger partial charge in [-0.15, -0.1) is 0 Å². The molecule has 0 aromatic carbocycles. The third kappa shape index (κ3) is 2.76. The smallest absolute Gasteiger partial charge is 0.134 e. The molecule has 18 heavy (non-hydrogen) atoms. The van der Waals surface area contributed by atoms with Crippen molar-refractivity contribution >= 4 is 5.78 Å². The van der Waals surface area contributed by atoms with Gasteiger partial charge in [0.25, 0.3) is 0 Å². The lowest BCUT2D eigenvalue weighted by atomic mass is 9.93. The molecule has 3 aliphatic rings. The predicted octanol–water partition coefficient (Wildman–Crippen LogP) is 0.905. The number of likely N-dealkylation sites (tertiary alicyclic amines) is 1. The van der Waals surface area contributed by atoms with Crippen LogP contribution in [0.25, 0.3) is 0 Å². The van der Waals surface area contributed by atoms with E-state index in [1.165, 1.54) is 19.4 Å². The molecule has 2 aliphatic heterocycles. The maximum absolute atomic E-state index is 11.6. The van der Waals surface area contributed by atoms with Gasteiger partial charge in [0, 0.05) is 51.1 Å². The van der Waals surface area contributed by atoms with Crippen molar-refractivity contribution in [3.8, 4) is 0 Å². The first-order chi connectivity index (χ1) is 8.83. The van der Waals surface area contributed by atoms with E-state index < -0.39 is 0 Å². The molecule has 102 valence electrons. The quantitative estimate of drug-likeness (QED) is 0.731. The van der Waals surface area contributed by atoms with Crippen molar-refractivity contribution in [1.29, 1.82) is 0 Å². The van der Waals surface area contributed by atoms with Gasteiger partial charge in [0.1, 0.15) is 5.78 Å². The van der Waals surface area contributed by atoms with E-state index in [9.17, 15) is 4.79 Å². The van der Waals surface area contributed by atoms with Crippen LogP contribution in [0.3, 0.4) is 0 Å². The Morgan fingerprint density at radius 1 is 1.00 bits per heavy atom. The second kappa shape index (κ2) is 5.68. The molecule has 0 amide bonds. The fourth-order valence-corrected chi connectivity index (χ4v) is 3.65. The second-order valence-electron chi connectivity index (χ2n) is 5.87. The number of ether oxygens (including phenoxy) is 1. The number of ketones is 1. The topological polar surface area (TPSA) is 32.8 Å². The molecule has 3 fully saturated rings. The Morgan fingerprint density at radius 3 is 2.61 bits per heavy atom. The number of carbonyl (C=O) groups is 1. The molecule has 4 heteroatoms. The molecule has 2 heterocycles. The summed E-state index contributed by atoms with van der Waals surface area (Å²) >= 11 is 0. The van der Waals surface area contributed by atoms with Crippen molar-refractivity contribution < 1.29 is 9.53 Å². The molecule has 2 saturated heterocycles. The summed E-state index contributed by atoms with van der Waals surface area (Å²) in [7, 11) is 0. The Hall–Kier alpha value is -0.450. The van der Waals surface area contributed by atoms with Crippen LogP contribution in [-0.4, -0.2) is 67.1 Å². The zero-order valence-electron chi connectivity index (χ0n) is 11.1. The third-order valence-electron chi connectivity index (χ3n) is 4.73. The molecular formula is C14H24N2O2. The number of hydrogen-bond donors (Lipinski definition) is 0. The monoisotopic (exact) mass is 252 g/mol. The maximum Gasteiger partial charge on any atom is 0.134 e. The van der Waals surface area contributed by atoms with E-state index in [0.717, 1.165) is 52.1 Å². The summed E-state index contributed by atoms with van der Waals surface area (Å²) in [4.78, 5) is 16.7. The average molecular weight is 252 g/mol. The summed E-state index contributed by atoms with van der Waals surface area (Å²) in [6, 6.07) is 1.24. The maximum atomic E-state index is 11.6. The summed E-state index contributed by atoms with van der Waals surface area (Å²) in [5.74, 6) is 0.473. The molecule has 0 spiro atoms. The fraction of sp³-hybridized carbons (Fsp3) is 0.929. The van der Waals surface area contributed by atoms with E-state index in [2.05, 4.69) is 9.80 Å². The van der Waals surface area contributed by atoms with Crippen LogP contribution >= 0.6 is 0 Å². The minimum absolute atomic E-state index is 0.473. The summed E-state index contributed by atoms with van der Waals surface area (Å²) in [5.41, 5.74) is 0. The number of morpholine rings is 1. The molecule has 0 bridgehead atoms. The first-order valence-corrected chi connectivity index (χ1v) is 7.40. The van der Waals surface area contributed by atoms with Crippen LogP contribution < -0.4 is 0 Å². The van der Waals surface area contributed by atoms with E-state index in [0.29, 0.717) is 17.9 Å². The van der Waals surface area contributed by atoms with Gasteiger partial charge in [-0.2, -0.15) is 0 Å². The van der Waals surface area contributed by atoms with E-state index in [1.807, 2.05) is 0 Å². The molecule has 0 N–H and O–H groups in total. The van der Waals surface area contributed by atoms with Crippen LogP contribution in [0.15, 0.2) is 0 Å². The molecular weight excluding hydrogens is 228 g/mol. The minimum atomic E-state index is 0.473. The lowest BCUT2D eigenvalue weighted by Gasteiger charge is -2.34. The first-order valence-electron chi connectivity index (χ1n) is 7.40. The van der Waals surface area contributed by atoms with Crippen LogP contribution in [0.5, 0.6) is 0 Å². The van der Waals surface area contributed by atoms with Crippen LogP contribution in [0.1, 0.15) is 32.1 Å². The molecule has 0 aromatic rings. The van der Waals surface area contributed by atoms with Crippen molar-refractivity contribution in [1.82, 2.24) is 9.80 Å². The van der Waals surface area contributed by atoms with Crippen molar-refractivity contribution in [3.63, 3.8) is 0 Å². The fourth-order valence-electron chi connectivity index (χ4n) is 3.65. The Labute approximate surface area is 109 Å². The third-order valence-corrected chi connectivity index (χ3v) is 4.73. The van der Waals surface area contributed by atoms with Crippen molar-refractivity contribution in [2.24, 2.45) is 0 Å². The van der Waals surface area contributed by atoms with E-state index >= 15 is 0 Å². The predicted molar refractivity (Wildman–Crippen MR) is 69.6 cm³/mol. The molecule has 2 atom stereocenters. The van der Waals surface area contributed by atoms with E-state index in [1.54, 1.807) is 0 Å². The zero-order valence-corrected chi connectivity index (χ0v) is 11.1. The molecule has 3 rings (SSSR count). The van der Waals surface area contributed by atoms with Gasteiger partial charge in [0.05, 0.1) is 13.2 Å². The van der Waals surface area contributed by atoms with Gasteiger partial charge in [-0.05, 0) is 19.3 Å². The summed E-state index contributed by atoms with van der Waals surface area (Å²) in [5, 5.41) is 0. The van der Waals surface area contributed by atoms with Crippen LogP contribution in [0, 0.1) is 0 Å². The van der Waals surface area contributed by atoms with Gasteiger partial charge in [-0.1, -0.05) is 0 Å². The summed E-state index contributed by atoms with van der Waals surface area (Å²) in [6.45, 7) is 6.29. The van der Waals surface area contributed by atoms with Gasteiger partial charge < -0.3 is 4.74 Å². The Morgan fingerprint density at radius 2 is 1.83 bits per heavy atom. The standard InChI is InChI=1S/C14H24N2O2/c17-14-3-1-2-12(10-14)16-5-4-13(11-16)15-6-8-18-9-7-15/h12-13H,1-11H2. The summed E-state index contributed by atoms with van der Waals surface area (Å²) in [6.07, 6.45) is 5.21. The van der Waals surface area contributed by atoms with Gasteiger partial charge in [-0.3, -0.25) is 14.6 Å². The zero-order chi connectivity index (χ0) is 12.4. The molecule has 0 aromatic heterocycles. The van der Waals surface area contributed by atoms with Crippen molar-refractivity contribution in [2.75, 3.05) is 39.4 Å². The lowest BCUT2D eigenvalue weighted by Crippen LogP contribution is -2.46. The van der Waals surface area contributed by atoms with E-state index in [4.69, 9.17) is 4.74 Å². The summed E-state index contributed by atoms with van der Waals surface area (Å²) < 4.78 is 5.42. The van der Waals surface area contributed by atoms with Crippen LogP contribution in [-0.2, 0) is 9.53 Å². The van der Waals surface area contributed by atoms with Gasteiger partial charge in [0.15, 0.2) is 0 Å². The normalized spacial score (nSPS) is 36.1. The van der Waals surface area contributed by atoms with Gasteiger partial charge in [0.2, 0.25) is 0 Å². The van der Waals surface area contributed by atoms with Gasteiger partial charge in [-0.25, -0.2) is 0 Å². The highest BCUT2D eigenvalue weighted by molar-refractivity contribution is 5.79. The Kier molecular flexibility index (Phi) is 3.97. The largest absolute Gasteiger partial charge is 0.379 e. The number of rotatable bonds is 2. The highest BCUT2D eigenvalue weighted by Gasteiger charge is 2.33. The number of nitrogens with zero attached hydrogens (tertiary/aromatic N) is 2. The highest BCUT2D eigenvalue weighted by atomic mass is 16.5. The highest BCUT2D eigenvalue weighted by Crippen LogP contribution is 2.26. The first kappa shape index (κ1) is 12.6. The SMILES string of the molecule is O=C1CCCC(N2CCC(N3CCOCC3)C2)C1. The minimum Gasteiger partial charge on any atom is -0.379 e. The molecule has 4 nitrogen and oxygen atoms in total. The van der Waals surface area contributed by atoms with Crippen molar-refractivity contribution in [2.45, 2.75) is 44.2 Å². The second-order valence-corrected chi connectivity index (χ2v) is 5.87. The molecule has 1 aliphatic carbocycles. The number of carbonyl (C=O) groups excluding carboxylic acids is 1. The molecule has 1 saturated carbocycles. The van der Waals surface area contributed by atoms with Crippen LogP contribution in [0.2, 0.25) is 0 Å². The molecule has 0 radical (unpaired) electrons.